The van der Waals surface area contributed by atoms with Crippen molar-refractivity contribution in [1.82, 2.24) is 15.1 Å². The Morgan fingerprint density at radius 3 is 2.59 bits per heavy atom. The highest BCUT2D eigenvalue weighted by atomic mass is 16.2. The van der Waals surface area contributed by atoms with Gasteiger partial charge in [-0.1, -0.05) is 30.3 Å². The minimum Gasteiger partial charge on any atom is -0.351 e. The van der Waals surface area contributed by atoms with E-state index in [9.17, 15) is 4.79 Å². The molecule has 4 rings (SSSR count). The molecule has 0 spiro atoms. The Bertz CT molecular complexity index is 524. The van der Waals surface area contributed by atoms with Gasteiger partial charge in [0.15, 0.2) is 0 Å². The number of likely N-dealkylation sites (tertiary alicyclic amines) is 2. The van der Waals surface area contributed by atoms with E-state index in [1.807, 2.05) is 0 Å². The first-order valence-electron chi connectivity index (χ1n) is 8.62. The molecule has 4 heteroatoms. The van der Waals surface area contributed by atoms with Crippen LogP contribution in [-0.2, 0) is 11.2 Å². The predicted octanol–water partition coefficient (Wildman–Crippen LogP) is 1.27. The number of piperazine rings is 1. The largest absolute Gasteiger partial charge is 0.351 e. The van der Waals surface area contributed by atoms with Crippen molar-refractivity contribution in [2.45, 2.75) is 43.8 Å². The van der Waals surface area contributed by atoms with Crippen LogP contribution in [0.25, 0.3) is 0 Å². The summed E-state index contributed by atoms with van der Waals surface area (Å²) in [6.07, 6.45) is 4.60. The molecular weight excluding hydrogens is 274 g/mol. The number of rotatable bonds is 4. The molecule has 3 aliphatic heterocycles. The number of fused-ring (bicyclic) bond motifs is 2. The summed E-state index contributed by atoms with van der Waals surface area (Å²) in [5.41, 5.74) is 1.43. The van der Waals surface area contributed by atoms with Crippen LogP contribution in [-0.4, -0.2) is 60.0 Å². The minimum atomic E-state index is 0.172. The van der Waals surface area contributed by atoms with Crippen LogP contribution in [0.3, 0.4) is 0 Å². The summed E-state index contributed by atoms with van der Waals surface area (Å²) in [5.74, 6) is 0.266. The summed E-state index contributed by atoms with van der Waals surface area (Å²) in [6, 6.07) is 12.0. The lowest BCUT2D eigenvalue weighted by Crippen LogP contribution is -2.54. The molecule has 3 heterocycles. The van der Waals surface area contributed by atoms with Gasteiger partial charge >= 0.3 is 0 Å². The maximum Gasteiger partial charge on any atom is 0.237 e. The van der Waals surface area contributed by atoms with Crippen molar-refractivity contribution in [3.8, 4) is 0 Å². The highest BCUT2D eigenvalue weighted by molar-refractivity contribution is 5.85. The van der Waals surface area contributed by atoms with Gasteiger partial charge in [-0.2, -0.15) is 0 Å². The topological polar surface area (TPSA) is 35.6 Å². The molecule has 1 amide bonds. The van der Waals surface area contributed by atoms with Crippen LogP contribution in [0.4, 0.5) is 0 Å². The first kappa shape index (κ1) is 14.2. The van der Waals surface area contributed by atoms with Crippen LogP contribution in [0, 0.1) is 0 Å². The number of piperidine rings is 1. The molecule has 2 atom stereocenters. The van der Waals surface area contributed by atoms with E-state index in [2.05, 4.69) is 45.4 Å². The molecule has 3 aliphatic rings. The first-order valence-corrected chi connectivity index (χ1v) is 8.62. The Kier molecular flexibility index (Phi) is 3.89. The van der Waals surface area contributed by atoms with Crippen molar-refractivity contribution >= 4 is 5.91 Å². The zero-order valence-electron chi connectivity index (χ0n) is 13.1. The molecule has 3 saturated heterocycles. The first-order chi connectivity index (χ1) is 10.8. The molecule has 1 aromatic carbocycles. The van der Waals surface area contributed by atoms with E-state index in [-0.39, 0.29) is 11.9 Å². The summed E-state index contributed by atoms with van der Waals surface area (Å²) < 4.78 is 0. The molecule has 22 heavy (non-hydrogen) atoms. The number of carbonyl (C=O) groups is 1. The van der Waals surface area contributed by atoms with E-state index in [1.54, 1.807) is 0 Å². The Labute approximate surface area is 132 Å². The molecule has 1 N–H and O–H groups in total. The smallest absolute Gasteiger partial charge is 0.237 e. The fourth-order valence-corrected chi connectivity index (χ4v) is 4.33. The van der Waals surface area contributed by atoms with E-state index in [1.165, 1.54) is 31.5 Å². The molecule has 0 aromatic heterocycles. The van der Waals surface area contributed by atoms with Gasteiger partial charge in [-0.05, 0) is 44.3 Å². The van der Waals surface area contributed by atoms with E-state index in [0.717, 1.165) is 25.9 Å². The SMILES string of the molecule is O=C1N[C@H]2C[C@@H]1N(C1CCN(CCc3ccccc3)CC1)C2. The Morgan fingerprint density at radius 1 is 1.14 bits per heavy atom. The Hall–Kier alpha value is -1.39. The van der Waals surface area contributed by atoms with Crippen molar-refractivity contribution < 1.29 is 4.79 Å². The van der Waals surface area contributed by atoms with Gasteiger partial charge in [-0.3, -0.25) is 9.69 Å². The third-order valence-corrected chi connectivity index (χ3v) is 5.57. The zero-order chi connectivity index (χ0) is 14.9. The van der Waals surface area contributed by atoms with E-state index in [4.69, 9.17) is 0 Å². The molecule has 118 valence electrons. The molecular formula is C18H25N3O. The predicted molar refractivity (Wildman–Crippen MR) is 86.6 cm³/mol. The molecule has 0 aliphatic carbocycles. The lowest BCUT2D eigenvalue weighted by molar-refractivity contribution is -0.126. The fraction of sp³-hybridized carbons (Fsp3) is 0.611. The van der Waals surface area contributed by atoms with Gasteiger partial charge < -0.3 is 10.2 Å². The van der Waals surface area contributed by atoms with Crippen molar-refractivity contribution in [3.63, 3.8) is 0 Å². The maximum atomic E-state index is 11.8. The van der Waals surface area contributed by atoms with Crippen LogP contribution in [0.15, 0.2) is 30.3 Å². The quantitative estimate of drug-likeness (QED) is 0.909. The van der Waals surface area contributed by atoms with Gasteiger partial charge in [0.2, 0.25) is 5.91 Å². The fourth-order valence-electron chi connectivity index (χ4n) is 4.33. The van der Waals surface area contributed by atoms with Gasteiger partial charge in [0.05, 0.1) is 6.04 Å². The summed E-state index contributed by atoms with van der Waals surface area (Å²) in [4.78, 5) is 16.9. The molecule has 0 radical (unpaired) electrons. The second kappa shape index (κ2) is 6.01. The average molecular weight is 299 g/mol. The van der Waals surface area contributed by atoms with Crippen molar-refractivity contribution in [2.75, 3.05) is 26.2 Å². The maximum absolute atomic E-state index is 11.8. The molecule has 3 fully saturated rings. The summed E-state index contributed by atoms with van der Waals surface area (Å²) >= 11 is 0. The summed E-state index contributed by atoms with van der Waals surface area (Å²) in [6.45, 7) is 4.58. The Balaban J connectivity index is 1.26. The van der Waals surface area contributed by atoms with Gasteiger partial charge in [0.1, 0.15) is 0 Å². The summed E-state index contributed by atoms with van der Waals surface area (Å²) in [7, 11) is 0. The highest BCUT2D eigenvalue weighted by Gasteiger charge is 2.46. The number of hydrogen-bond donors (Lipinski definition) is 1. The van der Waals surface area contributed by atoms with Gasteiger partial charge in [0.25, 0.3) is 0 Å². The van der Waals surface area contributed by atoms with Crippen LogP contribution in [0.2, 0.25) is 0 Å². The van der Waals surface area contributed by atoms with E-state index < -0.39 is 0 Å². The molecule has 0 unspecified atom stereocenters. The number of benzene rings is 1. The standard InChI is InChI=1S/C18H25N3O/c22-18-17-12-15(19-18)13-21(17)16-7-10-20(11-8-16)9-6-14-4-2-1-3-5-14/h1-5,15-17H,6-13H2,(H,19,22)/t15-,17-/m0/s1. The second-order valence-electron chi connectivity index (χ2n) is 6.96. The van der Waals surface area contributed by atoms with Crippen LogP contribution in [0.1, 0.15) is 24.8 Å². The molecule has 0 saturated carbocycles. The summed E-state index contributed by atoms with van der Waals surface area (Å²) in [5, 5.41) is 3.08. The van der Waals surface area contributed by atoms with Gasteiger partial charge in [-0.15, -0.1) is 0 Å². The van der Waals surface area contributed by atoms with Crippen LogP contribution in [0.5, 0.6) is 0 Å². The number of carbonyl (C=O) groups excluding carboxylic acids is 1. The number of nitrogens with zero attached hydrogens (tertiary/aromatic N) is 2. The molecule has 1 aromatic rings. The van der Waals surface area contributed by atoms with Crippen LogP contribution < -0.4 is 5.32 Å². The highest BCUT2D eigenvalue weighted by Crippen LogP contribution is 2.30. The molecule has 4 nitrogen and oxygen atoms in total. The lowest BCUT2D eigenvalue weighted by atomic mass is 10.0. The lowest BCUT2D eigenvalue weighted by Gasteiger charge is -2.40. The third-order valence-electron chi connectivity index (χ3n) is 5.57. The molecule has 2 bridgehead atoms. The minimum absolute atomic E-state index is 0.172. The zero-order valence-corrected chi connectivity index (χ0v) is 13.1. The third kappa shape index (κ3) is 2.77. The van der Waals surface area contributed by atoms with Crippen molar-refractivity contribution in [1.29, 1.82) is 0 Å². The van der Waals surface area contributed by atoms with E-state index >= 15 is 0 Å². The van der Waals surface area contributed by atoms with Gasteiger partial charge in [0, 0.05) is 25.2 Å². The van der Waals surface area contributed by atoms with Crippen LogP contribution >= 0.6 is 0 Å². The number of amides is 1. The average Bonchev–Trinajstić information content (AvgIpc) is 3.14. The number of hydrogen-bond acceptors (Lipinski definition) is 3. The van der Waals surface area contributed by atoms with E-state index in [0.29, 0.717) is 12.1 Å². The van der Waals surface area contributed by atoms with Gasteiger partial charge in [-0.25, -0.2) is 0 Å². The Morgan fingerprint density at radius 2 is 1.91 bits per heavy atom. The monoisotopic (exact) mass is 299 g/mol. The van der Waals surface area contributed by atoms with Crippen molar-refractivity contribution in [2.24, 2.45) is 0 Å². The normalized spacial score (nSPS) is 29.9. The second-order valence-corrected chi connectivity index (χ2v) is 6.96. The number of nitrogens with one attached hydrogen (secondary N) is 1. The van der Waals surface area contributed by atoms with Crippen molar-refractivity contribution in [3.05, 3.63) is 35.9 Å².